The number of likely N-dealkylation sites (N-methyl/N-ethyl adjacent to an activating group) is 1. The highest BCUT2D eigenvalue weighted by molar-refractivity contribution is 7.96. The summed E-state index contributed by atoms with van der Waals surface area (Å²) in [6, 6.07) is 13.8. The van der Waals surface area contributed by atoms with Gasteiger partial charge in [0.1, 0.15) is 5.82 Å². The van der Waals surface area contributed by atoms with Crippen LogP contribution >= 0.6 is 0 Å². The highest BCUT2D eigenvalue weighted by Crippen LogP contribution is 2.39. The second-order valence-electron chi connectivity index (χ2n) is 5.34. The van der Waals surface area contributed by atoms with Crippen molar-refractivity contribution in [3.05, 3.63) is 59.3 Å². The summed E-state index contributed by atoms with van der Waals surface area (Å²) in [7, 11) is -2.33. The third-order valence-corrected chi connectivity index (χ3v) is 5.80. The molecule has 0 bridgehead atoms. The van der Waals surface area contributed by atoms with Crippen molar-refractivity contribution >= 4 is 32.8 Å². The summed E-state index contributed by atoms with van der Waals surface area (Å²) >= 11 is 0. The summed E-state index contributed by atoms with van der Waals surface area (Å²) in [5.41, 5.74) is 1.86. The summed E-state index contributed by atoms with van der Waals surface area (Å²) in [4.78, 5) is 13.9. The molecular weight excluding hydrogens is 314 g/mol. The minimum atomic E-state index is -3.90. The average molecular weight is 327 g/mol. The van der Waals surface area contributed by atoms with Crippen molar-refractivity contribution in [3.8, 4) is 0 Å². The van der Waals surface area contributed by atoms with Gasteiger partial charge in [-0.05, 0) is 24.3 Å². The first-order chi connectivity index (χ1) is 11.0. The van der Waals surface area contributed by atoms with Crippen LogP contribution in [0.2, 0.25) is 0 Å². The van der Waals surface area contributed by atoms with Crippen molar-refractivity contribution < 1.29 is 13.2 Å². The largest absolute Gasteiger partial charge is 0.339 e. The van der Waals surface area contributed by atoms with E-state index in [0.29, 0.717) is 5.69 Å². The average Bonchev–Trinajstić information content (AvgIpc) is 2.96. The molecule has 0 unspecified atom stereocenters. The maximum Gasteiger partial charge on any atom is 0.273 e. The predicted octanol–water partition coefficient (Wildman–Crippen LogP) is 2.14. The number of anilines is 3. The molecule has 2 N–H and O–H groups in total. The Balaban J connectivity index is 1.95. The highest BCUT2D eigenvalue weighted by Gasteiger charge is 2.41. The van der Waals surface area contributed by atoms with Crippen LogP contribution in [0.4, 0.5) is 17.1 Å². The maximum atomic E-state index is 12.9. The zero-order valence-electron chi connectivity index (χ0n) is 12.2. The zero-order valence-corrected chi connectivity index (χ0v) is 13.0. The third-order valence-electron chi connectivity index (χ3n) is 3.96. The molecule has 0 saturated heterocycles. The minimum absolute atomic E-state index is 0.129. The Kier molecular flexibility index (Phi) is 2.76. The molecule has 0 saturated carbocycles. The number of hydrogen-bond acceptors (Lipinski definition) is 5. The number of sulfone groups is 1. The molecular formula is C16H13N3O3S. The van der Waals surface area contributed by atoms with Gasteiger partial charge in [0.15, 0.2) is 4.91 Å². The van der Waals surface area contributed by atoms with Gasteiger partial charge in [0.2, 0.25) is 9.84 Å². The number of carbonyl (C=O) groups excluding carboxylic acids is 1. The topological polar surface area (TPSA) is 78.5 Å². The second-order valence-corrected chi connectivity index (χ2v) is 7.19. The molecule has 0 aliphatic carbocycles. The molecule has 2 aromatic carbocycles. The molecule has 2 aliphatic rings. The number of para-hydroxylation sites is 3. The molecule has 2 heterocycles. The zero-order chi connectivity index (χ0) is 16.2. The van der Waals surface area contributed by atoms with Crippen molar-refractivity contribution in [1.29, 1.82) is 0 Å². The Hall–Kier alpha value is -2.80. The SMILES string of the molecule is CN1C(=O)C(=C2Nc3ccccc3N2)S(=O)(=O)c2ccccc21. The van der Waals surface area contributed by atoms with E-state index < -0.39 is 15.7 Å². The molecule has 4 rings (SSSR count). The van der Waals surface area contributed by atoms with Crippen LogP contribution < -0.4 is 15.5 Å². The van der Waals surface area contributed by atoms with E-state index in [1.807, 2.05) is 24.3 Å². The van der Waals surface area contributed by atoms with Crippen LogP contribution in [0.3, 0.4) is 0 Å². The van der Waals surface area contributed by atoms with Gasteiger partial charge < -0.3 is 15.5 Å². The van der Waals surface area contributed by atoms with Gasteiger partial charge in [-0.25, -0.2) is 8.42 Å². The van der Waals surface area contributed by atoms with Crippen LogP contribution in [0, 0.1) is 0 Å². The molecule has 116 valence electrons. The van der Waals surface area contributed by atoms with Crippen LogP contribution in [0.15, 0.2) is 64.2 Å². The van der Waals surface area contributed by atoms with E-state index in [1.165, 1.54) is 11.0 Å². The minimum Gasteiger partial charge on any atom is -0.339 e. The van der Waals surface area contributed by atoms with Crippen LogP contribution in [0.25, 0.3) is 0 Å². The molecule has 7 heteroatoms. The summed E-state index contributed by atoms with van der Waals surface area (Å²) < 4.78 is 25.8. The van der Waals surface area contributed by atoms with E-state index in [-0.39, 0.29) is 15.6 Å². The van der Waals surface area contributed by atoms with Crippen molar-refractivity contribution in [2.24, 2.45) is 0 Å². The molecule has 0 atom stereocenters. The van der Waals surface area contributed by atoms with Crippen molar-refractivity contribution in [2.45, 2.75) is 4.90 Å². The molecule has 0 radical (unpaired) electrons. The van der Waals surface area contributed by atoms with E-state index in [4.69, 9.17) is 0 Å². The fourth-order valence-electron chi connectivity index (χ4n) is 2.80. The first kappa shape index (κ1) is 13.8. The number of nitrogens with zero attached hydrogens (tertiary/aromatic N) is 1. The number of nitrogens with one attached hydrogen (secondary N) is 2. The molecule has 0 aromatic heterocycles. The van der Waals surface area contributed by atoms with Gasteiger partial charge in [0.25, 0.3) is 5.91 Å². The lowest BCUT2D eigenvalue weighted by Crippen LogP contribution is -2.38. The third kappa shape index (κ3) is 1.86. The lowest BCUT2D eigenvalue weighted by atomic mass is 10.3. The van der Waals surface area contributed by atoms with Crippen LogP contribution in [-0.4, -0.2) is 21.4 Å². The highest BCUT2D eigenvalue weighted by atomic mass is 32.2. The normalized spacial score (nSPS) is 18.1. The van der Waals surface area contributed by atoms with Gasteiger partial charge in [0.05, 0.1) is 22.0 Å². The number of hydrogen-bond donors (Lipinski definition) is 2. The van der Waals surface area contributed by atoms with Crippen molar-refractivity contribution in [3.63, 3.8) is 0 Å². The molecule has 6 nitrogen and oxygen atoms in total. The molecule has 23 heavy (non-hydrogen) atoms. The van der Waals surface area contributed by atoms with Gasteiger partial charge in [0, 0.05) is 7.05 Å². The van der Waals surface area contributed by atoms with Gasteiger partial charge in [-0.3, -0.25) is 4.79 Å². The van der Waals surface area contributed by atoms with E-state index in [9.17, 15) is 13.2 Å². The Morgan fingerprint density at radius 2 is 1.48 bits per heavy atom. The van der Waals surface area contributed by atoms with Crippen LogP contribution in [0.5, 0.6) is 0 Å². The molecule has 0 spiro atoms. The van der Waals surface area contributed by atoms with E-state index in [1.54, 1.807) is 25.2 Å². The first-order valence-electron chi connectivity index (χ1n) is 6.99. The van der Waals surface area contributed by atoms with E-state index in [2.05, 4.69) is 10.6 Å². The first-order valence-corrected chi connectivity index (χ1v) is 8.48. The number of amides is 1. The summed E-state index contributed by atoms with van der Waals surface area (Å²) in [6.07, 6.45) is 0. The Morgan fingerprint density at radius 3 is 2.13 bits per heavy atom. The summed E-state index contributed by atoms with van der Waals surface area (Å²) in [6.45, 7) is 0. The fourth-order valence-corrected chi connectivity index (χ4v) is 4.50. The standard InChI is InChI=1S/C16H13N3O3S/c1-19-12-8-4-5-9-13(12)23(21,22)14(16(19)20)15-17-10-6-2-3-7-11(10)18-15/h2-9,17-18H,1H3. The monoisotopic (exact) mass is 327 g/mol. The van der Waals surface area contributed by atoms with Gasteiger partial charge >= 0.3 is 0 Å². The number of rotatable bonds is 0. The lowest BCUT2D eigenvalue weighted by Gasteiger charge is -2.27. The molecule has 2 aliphatic heterocycles. The van der Waals surface area contributed by atoms with Crippen molar-refractivity contribution in [1.82, 2.24) is 0 Å². The quantitative estimate of drug-likeness (QED) is 0.725. The van der Waals surface area contributed by atoms with Crippen LogP contribution in [0.1, 0.15) is 0 Å². The van der Waals surface area contributed by atoms with Gasteiger partial charge in [-0.15, -0.1) is 0 Å². The van der Waals surface area contributed by atoms with E-state index in [0.717, 1.165) is 11.4 Å². The fraction of sp³-hybridized carbons (Fsp3) is 0.0625. The molecule has 2 aromatic rings. The summed E-state index contributed by atoms with van der Waals surface area (Å²) in [5.74, 6) is -0.371. The lowest BCUT2D eigenvalue weighted by molar-refractivity contribution is -0.114. The number of fused-ring (bicyclic) bond motifs is 2. The molecule has 1 amide bonds. The Bertz CT molecular complexity index is 953. The second kappa shape index (κ2) is 4.60. The van der Waals surface area contributed by atoms with Gasteiger partial charge in [-0.2, -0.15) is 0 Å². The molecule has 0 fully saturated rings. The smallest absolute Gasteiger partial charge is 0.273 e. The van der Waals surface area contributed by atoms with E-state index >= 15 is 0 Å². The van der Waals surface area contributed by atoms with Crippen LogP contribution in [-0.2, 0) is 14.6 Å². The van der Waals surface area contributed by atoms with Crippen molar-refractivity contribution in [2.75, 3.05) is 22.6 Å². The predicted molar refractivity (Wildman–Crippen MR) is 87.8 cm³/mol. The van der Waals surface area contributed by atoms with Gasteiger partial charge in [-0.1, -0.05) is 24.3 Å². The Labute approximate surface area is 133 Å². The Morgan fingerprint density at radius 1 is 0.913 bits per heavy atom. The summed E-state index contributed by atoms with van der Waals surface area (Å²) in [5, 5.41) is 5.97. The maximum absolute atomic E-state index is 12.9. The number of carbonyl (C=O) groups is 1. The number of benzene rings is 2.